The molecule has 0 aliphatic rings. The van der Waals surface area contributed by atoms with Gasteiger partial charge in [0.25, 0.3) is 0 Å². The first-order chi connectivity index (χ1) is 9.83. The van der Waals surface area contributed by atoms with Crippen LogP contribution in [0.15, 0.2) is 46.9 Å². The fourth-order valence-corrected chi connectivity index (χ4v) is 1.97. The summed E-state index contributed by atoms with van der Waals surface area (Å²) in [5.74, 6) is -0.670. The molecule has 0 atom stereocenters. The van der Waals surface area contributed by atoms with Crippen LogP contribution in [0.5, 0.6) is 5.75 Å². The maximum Gasteiger partial charge on any atom is 0.573 e. The molecule has 0 saturated carbocycles. The Morgan fingerprint density at radius 1 is 1.05 bits per heavy atom. The molecule has 21 heavy (non-hydrogen) atoms. The van der Waals surface area contributed by atoms with E-state index in [-0.39, 0.29) is 18.1 Å². The summed E-state index contributed by atoms with van der Waals surface area (Å²) in [5, 5.41) is 2.92. The van der Waals surface area contributed by atoms with Crippen LogP contribution in [0.3, 0.4) is 0 Å². The monoisotopic (exact) mass is 363 g/mol. The lowest BCUT2D eigenvalue weighted by Crippen LogP contribution is -2.17. The van der Waals surface area contributed by atoms with E-state index < -0.39 is 6.36 Å². The van der Waals surface area contributed by atoms with Gasteiger partial charge >= 0.3 is 6.36 Å². The van der Waals surface area contributed by atoms with E-state index in [1.54, 1.807) is 12.1 Å². The molecule has 0 aromatic heterocycles. The van der Waals surface area contributed by atoms with Gasteiger partial charge in [-0.1, -0.05) is 22.0 Å². The molecule has 2 rings (SSSR count). The Bertz CT molecular complexity index is 613. The van der Waals surface area contributed by atoms with Gasteiger partial charge in [-0.05, 0) is 36.4 Å². The van der Waals surface area contributed by atoms with Gasteiger partial charge in [0.2, 0.25) is 0 Å². The zero-order valence-corrected chi connectivity index (χ0v) is 12.1. The number of nitrogens with one attached hydrogen (secondary N) is 1. The van der Waals surface area contributed by atoms with Crippen LogP contribution >= 0.6 is 15.9 Å². The number of anilines is 1. The highest BCUT2D eigenvalue weighted by atomic mass is 79.9. The number of alkyl halides is 3. The summed E-state index contributed by atoms with van der Waals surface area (Å²) in [6, 6.07) is 9.91. The van der Waals surface area contributed by atoms with Gasteiger partial charge in [-0.15, -0.1) is 13.2 Å². The minimum atomic E-state index is -4.71. The molecule has 0 aliphatic heterocycles. The third-order valence-electron chi connectivity index (χ3n) is 2.59. The summed E-state index contributed by atoms with van der Waals surface area (Å²) < 4.78 is 54.0. The molecule has 1 N–H and O–H groups in total. The first-order valence-electron chi connectivity index (χ1n) is 5.87. The minimum absolute atomic E-state index is 0.221. The quantitative estimate of drug-likeness (QED) is 0.763. The third-order valence-corrected chi connectivity index (χ3v) is 3.08. The highest BCUT2D eigenvalue weighted by molar-refractivity contribution is 9.10. The fourth-order valence-electron chi connectivity index (χ4n) is 1.64. The van der Waals surface area contributed by atoms with Crippen LogP contribution in [-0.4, -0.2) is 6.36 Å². The highest BCUT2D eigenvalue weighted by Gasteiger charge is 2.30. The molecule has 0 amide bonds. The molecule has 2 aromatic carbocycles. The Balaban J connectivity index is 1.97. The predicted octanol–water partition coefficient (Wildman–Crippen LogP) is 5.10. The first kappa shape index (κ1) is 15.6. The number of hydrogen-bond acceptors (Lipinski definition) is 2. The summed E-state index contributed by atoms with van der Waals surface area (Å²) in [6.45, 7) is 0.221. The third kappa shape index (κ3) is 4.93. The molecule has 0 bridgehead atoms. The molecule has 2 nitrogen and oxygen atoms in total. The van der Waals surface area contributed by atoms with E-state index in [1.807, 2.05) is 0 Å². The standard InChI is InChI=1S/C14H10BrF4NO/c15-10-2-1-9(13(16)7-10)8-20-11-3-5-12(6-4-11)21-14(17,18)19/h1-7,20H,8H2. The molecule has 112 valence electrons. The molecule has 0 aliphatic carbocycles. The highest BCUT2D eigenvalue weighted by Crippen LogP contribution is 2.24. The Morgan fingerprint density at radius 2 is 1.71 bits per heavy atom. The van der Waals surface area contributed by atoms with Crippen molar-refractivity contribution >= 4 is 21.6 Å². The number of halogens is 5. The Morgan fingerprint density at radius 3 is 2.29 bits per heavy atom. The van der Waals surface area contributed by atoms with Gasteiger partial charge in [-0.2, -0.15) is 0 Å². The second-order valence-electron chi connectivity index (χ2n) is 4.16. The maximum atomic E-state index is 13.6. The molecule has 0 spiro atoms. The minimum Gasteiger partial charge on any atom is -0.406 e. The van der Waals surface area contributed by atoms with Crippen LogP contribution in [0.25, 0.3) is 0 Å². The van der Waals surface area contributed by atoms with Crippen LogP contribution in [0.2, 0.25) is 0 Å². The smallest absolute Gasteiger partial charge is 0.406 e. The van der Waals surface area contributed by atoms with Crippen LogP contribution in [0, 0.1) is 5.82 Å². The Kier molecular flexibility index (Phi) is 4.72. The number of benzene rings is 2. The topological polar surface area (TPSA) is 21.3 Å². The summed E-state index contributed by atoms with van der Waals surface area (Å²) >= 11 is 3.16. The summed E-state index contributed by atoms with van der Waals surface area (Å²) in [5.41, 5.74) is 1.01. The maximum absolute atomic E-state index is 13.6. The molecule has 0 saturated heterocycles. The van der Waals surface area contributed by atoms with Crippen molar-refractivity contribution in [2.24, 2.45) is 0 Å². The number of rotatable bonds is 4. The predicted molar refractivity (Wildman–Crippen MR) is 74.6 cm³/mol. The normalized spacial score (nSPS) is 11.3. The Hall–Kier alpha value is -1.76. The Labute approximate surface area is 126 Å². The van der Waals surface area contributed by atoms with Crippen molar-refractivity contribution in [1.29, 1.82) is 0 Å². The number of ether oxygens (including phenoxy) is 1. The fraction of sp³-hybridized carbons (Fsp3) is 0.143. The molecule has 7 heteroatoms. The lowest BCUT2D eigenvalue weighted by molar-refractivity contribution is -0.274. The second-order valence-corrected chi connectivity index (χ2v) is 5.08. The molecule has 0 radical (unpaired) electrons. The first-order valence-corrected chi connectivity index (χ1v) is 6.66. The average Bonchev–Trinajstić information content (AvgIpc) is 2.38. The lowest BCUT2D eigenvalue weighted by atomic mass is 10.2. The van der Waals surface area contributed by atoms with Crippen molar-refractivity contribution in [3.63, 3.8) is 0 Å². The van der Waals surface area contributed by atoms with Gasteiger partial charge in [-0.3, -0.25) is 0 Å². The molecule has 0 fully saturated rings. The molecule has 2 aromatic rings. The zero-order valence-electron chi connectivity index (χ0n) is 10.5. The van der Waals surface area contributed by atoms with Gasteiger partial charge in [0, 0.05) is 22.3 Å². The van der Waals surface area contributed by atoms with Gasteiger partial charge in [0.1, 0.15) is 11.6 Å². The van der Waals surface area contributed by atoms with Crippen molar-refractivity contribution in [2.75, 3.05) is 5.32 Å². The van der Waals surface area contributed by atoms with E-state index >= 15 is 0 Å². The van der Waals surface area contributed by atoms with Crippen LogP contribution in [0.1, 0.15) is 5.56 Å². The van der Waals surface area contributed by atoms with Gasteiger partial charge < -0.3 is 10.1 Å². The van der Waals surface area contributed by atoms with E-state index in [9.17, 15) is 17.6 Å². The van der Waals surface area contributed by atoms with Crippen molar-refractivity contribution in [3.8, 4) is 5.75 Å². The molecule has 0 unspecified atom stereocenters. The van der Waals surface area contributed by atoms with E-state index in [0.29, 0.717) is 15.7 Å². The van der Waals surface area contributed by atoms with Crippen LogP contribution < -0.4 is 10.1 Å². The van der Waals surface area contributed by atoms with Crippen LogP contribution in [-0.2, 0) is 6.54 Å². The van der Waals surface area contributed by atoms with Crippen molar-refractivity contribution in [2.45, 2.75) is 12.9 Å². The molecule has 0 heterocycles. The molecular formula is C14H10BrF4NO. The van der Waals surface area contributed by atoms with E-state index in [2.05, 4.69) is 26.0 Å². The largest absolute Gasteiger partial charge is 0.573 e. The van der Waals surface area contributed by atoms with Gasteiger partial charge in [0.15, 0.2) is 0 Å². The SMILES string of the molecule is Fc1cc(Br)ccc1CNc1ccc(OC(F)(F)F)cc1. The van der Waals surface area contributed by atoms with Crippen molar-refractivity contribution in [3.05, 3.63) is 58.3 Å². The second kappa shape index (κ2) is 6.34. The average molecular weight is 364 g/mol. The van der Waals surface area contributed by atoms with Gasteiger partial charge in [0.05, 0.1) is 0 Å². The number of hydrogen-bond donors (Lipinski definition) is 1. The van der Waals surface area contributed by atoms with E-state index in [0.717, 1.165) is 0 Å². The summed E-state index contributed by atoms with van der Waals surface area (Å²) in [4.78, 5) is 0. The van der Waals surface area contributed by atoms with E-state index in [4.69, 9.17) is 0 Å². The van der Waals surface area contributed by atoms with Crippen molar-refractivity contribution < 1.29 is 22.3 Å². The molecular weight excluding hydrogens is 354 g/mol. The summed E-state index contributed by atoms with van der Waals surface area (Å²) in [7, 11) is 0. The van der Waals surface area contributed by atoms with Gasteiger partial charge in [-0.25, -0.2) is 4.39 Å². The lowest BCUT2D eigenvalue weighted by Gasteiger charge is -2.11. The van der Waals surface area contributed by atoms with E-state index in [1.165, 1.54) is 30.3 Å². The van der Waals surface area contributed by atoms with Crippen molar-refractivity contribution in [1.82, 2.24) is 0 Å². The summed E-state index contributed by atoms with van der Waals surface area (Å²) in [6.07, 6.45) is -4.71. The van der Waals surface area contributed by atoms with Crippen LogP contribution in [0.4, 0.5) is 23.2 Å². The zero-order chi connectivity index (χ0) is 15.5.